The SMILES string of the molecule is COc1ccccc1CCNS(=O)(=O)c1ccc2nc(C)oc2c1. The summed E-state index contributed by atoms with van der Waals surface area (Å²) >= 11 is 0. The van der Waals surface area contributed by atoms with Gasteiger partial charge in [-0.2, -0.15) is 0 Å². The second-order valence-electron chi connectivity index (χ2n) is 5.32. The van der Waals surface area contributed by atoms with Crippen LogP contribution < -0.4 is 9.46 Å². The third-order valence-electron chi connectivity index (χ3n) is 3.66. The number of para-hydroxylation sites is 1. The van der Waals surface area contributed by atoms with Gasteiger partial charge in [-0.15, -0.1) is 0 Å². The molecule has 0 atom stereocenters. The highest BCUT2D eigenvalue weighted by Crippen LogP contribution is 2.20. The van der Waals surface area contributed by atoms with E-state index in [2.05, 4.69) is 9.71 Å². The van der Waals surface area contributed by atoms with Crippen LogP contribution in [0.15, 0.2) is 51.8 Å². The summed E-state index contributed by atoms with van der Waals surface area (Å²) in [7, 11) is -2.02. The van der Waals surface area contributed by atoms with Gasteiger partial charge in [0, 0.05) is 19.5 Å². The highest BCUT2D eigenvalue weighted by atomic mass is 32.2. The number of oxazole rings is 1. The number of nitrogens with one attached hydrogen (secondary N) is 1. The molecular weight excluding hydrogens is 328 g/mol. The lowest BCUT2D eigenvalue weighted by Crippen LogP contribution is -2.26. The first kappa shape index (κ1) is 16.5. The van der Waals surface area contributed by atoms with Crippen LogP contribution in [0.25, 0.3) is 11.1 Å². The van der Waals surface area contributed by atoms with E-state index in [-0.39, 0.29) is 11.4 Å². The van der Waals surface area contributed by atoms with Crippen molar-refractivity contribution in [2.24, 2.45) is 0 Å². The fourth-order valence-corrected chi connectivity index (χ4v) is 3.55. The second kappa shape index (κ2) is 6.62. The van der Waals surface area contributed by atoms with E-state index >= 15 is 0 Å². The molecule has 0 unspecified atom stereocenters. The van der Waals surface area contributed by atoms with Crippen molar-refractivity contribution >= 4 is 21.1 Å². The minimum atomic E-state index is -3.61. The lowest BCUT2D eigenvalue weighted by Gasteiger charge is -2.09. The van der Waals surface area contributed by atoms with E-state index < -0.39 is 10.0 Å². The van der Waals surface area contributed by atoms with Gasteiger partial charge in [0.1, 0.15) is 11.3 Å². The molecule has 0 aliphatic carbocycles. The normalized spacial score (nSPS) is 11.8. The molecule has 126 valence electrons. The largest absolute Gasteiger partial charge is 0.496 e. The molecule has 0 aliphatic heterocycles. The molecule has 2 aromatic carbocycles. The number of sulfonamides is 1. The van der Waals surface area contributed by atoms with Gasteiger partial charge >= 0.3 is 0 Å². The van der Waals surface area contributed by atoms with Gasteiger partial charge in [0.05, 0.1) is 12.0 Å². The monoisotopic (exact) mass is 346 g/mol. The summed E-state index contributed by atoms with van der Waals surface area (Å²) in [6, 6.07) is 12.2. The molecular formula is C17H18N2O4S. The zero-order valence-corrected chi connectivity index (χ0v) is 14.3. The Morgan fingerprint density at radius 1 is 1.21 bits per heavy atom. The third kappa shape index (κ3) is 3.42. The Labute approximate surface area is 140 Å². The molecule has 0 radical (unpaired) electrons. The molecule has 3 rings (SSSR count). The molecule has 0 aliphatic rings. The Hall–Kier alpha value is -2.38. The summed E-state index contributed by atoms with van der Waals surface area (Å²) in [5, 5.41) is 0. The molecule has 3 aromatic rings. The zero-order valence-electron chi connectivity index (χ0n) is 13.4. The standard InChI is InChI=1S/C17H18N2O4S/c1-12-19-15-8-7-14(11-17(15)23-12)24(20,21)18-10-9-13-5-3-4-6-16(13)22-2/h3-8,11,18H,9-10H2,1-2H3. The highest BCUT2D eigenvalue weighted by molar-refractivity contribution is 7.89. The van der Waals surface area contributed by atoms with Crippen LogP contribution in [-0.4, -0.2) is 27.1 Å². The first-order chi connectivity index (χ1) is 11.5. The number of hydrogen-bond acceptors (Lipinski definition) is 5. The van der Waals surface area contributed by atoms with Crippen molar-refractivity contribution in [2.75, 3.05) is 13.7 Å². The van der Waals surface area contributed by atoms with Crippen molar-refractivity contribution in [3.8, 4) is 5.75 Å². The summed E-state index contributed by atoms with van der Waals surface area (Å²) in [5.41, 5.74) is 2.05. The minimum Gasteiger partial charge on any atom is -0.496 e. The first-order valence-corrected chi connectivity index (χ1v) is 8.97. The molecule has 0 bridgehead atoms. The number of rotatable bonds is 6. The average Bonchev–Trinajstić information content (AvgIpc) is 2.94. The van der Waals surface area contributed by atoms with Crippen molar-refractivity contribution in [2.45, 2.75) is 18.2 Å². The average molecular weight is 346 g/mol. The first-order valence-electron chi connectivity index (χ1n) is 7.48. The van der Waals surface area contributed by atoms with Gasteiger partial charge in [0.25, 0.3) is 0 Å². The van der Waals surface area contributed by atoms with Crippen LogP contribution in [0.3, 0.4) is 0 Å². The quantitative estimate of drug-likeness (QED) is 0.742. The van der Waals surface area contributed by atoms with E-state index in [9.17, 15) is 8.42 Å². The van der Waals surface area contributed by atoms with Gasteiger partial charge in [-0.05, 0) is 30.2 Å². The van der Waals surface area contributed by atoms with Crippen LogP contribution in [0, 0.1) is 6.92 Å². The number of ether oxygens (including phenoxy) is 1. The number of benzene rings is 2. The van der Waals surface area contributed by atoms with E-state index in [1.165, 1.54) is 12.1 Å². The predicted molar refractivity (Wildman–Crippen MR) is 90.6 cm³/mol. The van der Waals surface area contributed by atoms with Crippen LogP contribution in [0.2, 0.25) is 0 Å². The van der Waals surface area contributed by atoms with E-state index in [0.29, 0.717) is 23.4 Å². The third-order valence-corrected chi connectivity index (χ3v) is 5.11. The Balaban J connectivity index is 1.73. The topological polar surface area (TPSA) is 81.4 Å². The number of nitrogens with zero attached hydrogens (tertiary/aromatic N) is 1. The molecule has 0 saturated heterocycles. The van der Waals surface area contributed by atoms with Crippen molar-refractivity contribution in [1.29, 1.82) is 0 Å². The van der Waals surface area contributed by atoms with E-state index in [1.807, 2.05) is 24.3 Å². The van der Waals surface area contributed by atoms with Crippen LogP contribution in [0.5, 0.6) is 5.75 Å². The Kier molecular flexibility index (Phi) is 4.55. The smallest absolute Gasteiger partial charge is 0.240 e. The Bertz CT molecular complexity index is 964. The minimum absolute atomic E-state index is 0.158. The highest BCUT2D eigenvalue weighted by Gasteiger charge is 2.16. The lowest BCUT2D eigenvalue weighted by molar-refractivity contribution is 0.409. The van der Waals surface area contributed by atoms with Gasteiger partial charge in [0.15, 0.2) is 11.5 Å². The molecule has 1 N–H and O–H groups in total. The van der Waals surface area contributed by atoms with Crippen molar-refractivity contribution in [3.63, 3.8) is 0 Å². The maximum Gasteiger partial charge on any atom is 0.240 e. The number of aryl methyl sites for hydroxylation is 1. The van der Waals surface area contributed by atoms with Gasteiger partial charge < -0.3 is 9.15 Å². The van der Waals surface area contributed by atoms with Crippen molar-refractivity contribution < 1.29 is 17.6 Å². The summed E-state index contributed by atoms with van der Waals surface area (Å²) in [4.78, 5) is 4.32. The number of fused-ring (bicyclic) bond motifs is 1. The molecule has 6 nitrogen and oxygen atoms in total. The zero-order chi connectivity index (χ0) is 17.2. The molecule has 0 saturated carbocycles. The summed E-state index contributed by atoms with van der Waals surface area (Å²) in [5.74, 6) is 1.25. The predicted octanol–water partition coefficient (Wildman–Crippen LogP) is 2.67. The van der Waals surface area contributed by atoms with Gasteiger partial charge in [0.2, 0.25) is 10.0 Å². The Morgan fingerprint density at radius 2 is 2.00 bits per heavy atom. The van der Waals surface area contributed by atoms with Crippen LogP contribution >= 0.6 is 0 Å². The van der Waals surface area contributed by atoms with Crippen LogP contribution in [0.1, 0.15) is 11.5 Å². The van der Waals surface area contributed by atoms with E-state index in [4.69, 9.17) is 9.15 Å². The summed E-state index contributed by atoms with van der Waals surface area (Å²) < 4.78 is 38.1. The second-order valence-corrected chi connectivity index (χ2v) is 7.09. The van der Waals surface area contributed by atoms with Crippen molar-refractivity contribution in [3.05, 3.63) is 53.9 Å². The van der Waals surface area contributed by atoms with Gasteiger partial charge in [-0.1, -0.05) is 18.2 Å². The van der Waals surface area contributed by atoms with Gasteiger partial charge in [-0.25, -0.2) is 18.1 Å². The molecule has 0 fully saturated rings. The van der Waals surface area contributed by atoms with Crippen LogP contribution in [-0.2, 0) is 16.4 Å². The Morgan fingerprint density at radius 3 is 2.79 bits per heavy atom. The number of hydrogen-bond donors (Lipinski definition) is 1. The maximum atomic E-state index is 12.4. The fourth-order valence-electron chi connectivity index (χ4n) is 2.50. The van der Waals surface area contributed by atoms with Gasteiger partial charge in [-0.3, -0.25) is 0 Å². The molecule has 1 aromatic heterocycles. The molecule has 7 heteroatoms. The lowest BCUT2D eigenvalue weighted by atomic mass is 10.1. The summed E-state index contributed by atoms with van der Waals surface area (Å²) in [6.45, 7) is 2.00. The van der Waals surface area contributed by atoms with Crippen LogP contribution in [0.4, 0.5) is 0 Å². The fraction of sp³-hybridized carbons (Fsp3) is 0.235. The summed E-state index contributed by atoms with van der Waals surface area (Å²) in [6.07, 6.45) is 0.535. The maximum absolute atomic E-state index is 12.4. The molecule has 24 heavy (non-hydrogen) atoms. The number of aromatic nitrogens is 1. The molecule has 0 amide bonds. The number of methoxy groups -OCH3 is 1. The van der Waals surface area contributed by atoms with E-state index in [0.717, 1.165) is 11.3 Å². The molecule has 0 spiro atoms. The van der Waals surface area contributed by atoms with Crippen molar-refractivity contribution in [1.82, 2.24) is 9.71 Å². The molecule has 1 heterocycles. The van der Waals surface area contributed by atoms with E-state index in [1.54, 1.807) is 20.1 Å².